The summed E-state index contributed by atoms with van der Waals surface area (Å²) < 4.78 is 64.2. The average Bonchev–Trinajstić information content (AvgIpc) is 3.07. The number of benzene rings is 1. The quantitative estimate of drug-likeness (QED) is 0.794. The Morgan fingerprint density at radius 1 is 1.24 bits per heavy atom. The fraction of sp³-hybridized carbons (Fsp3) is 0.267. The third kappa shape index (κ3) is 5.28. The van der Waals surface area contributed by atoms with Gasteiger partial charge in [-0.2, -0.15) is 13.2 Å². The summed E-state index contributed by atoms with van der Waals surface area (Å²) in [5.74, 6) is -0.587. The van der Waals surface area contributed by atoms with Crippen molar-refractivity contribution in [3.05, 3.63) is 52.2 Å². The molecule has 1 aromatic heterocycles. The van der Waals surface area contributed by atoms with E-state index in [0.717, 1.165) is 23.1 Å². The van der Waals surface area contributed by atoms with Crippen LogP contribution in [0, 0.1) is 0 Å². The molecule has 2 aromatic rings. The number of hydrogen-bond donors (Lipinski definition) is 2. The van der Waals surface area contributed by atoms with Crippen LogP contribution in [0.3, 0.4) is 0 Å². The van der Waals surface area contributed by atoms with Crippen molar-refractivity contribution in [3.63, 3.8) is 0 Å². The Hall–Kier alpha value is -1.91. The number of halogens is 3. The molecule has 1 heterocycles. The van der Waals surface area contributed by atoms with Gasteiger partial charge in [0.1, 0.15) is 0 Å². The second kappa shape index (κ2) is 7.54. The van der Waals surface area contributed by atoms with Crippen LogP contribution in [-0.4, -0.2) is 20.9 Å². The molecule has 0 bridgehead atoms. The lowest BCUT2D eigenvalue weighted by Crippen LogP contribution is -2.37. The number of alkyl halides is 3. The fourth-order valence-electron chi connectivity index (χ4n) is 1.98. The first-order chi connectivity index (χ1) is 11.6. The summed E-state index contributed by atoms with van der Waals surface area (Å²) in [5.41, 5.74) is -1.08. The maximum absolute atomic E-state index is 12.7. The fourth-order valence-corrected chi connectivity index (χ4v) is 3.75. The molecule has 136 valence electrons. The molecule has 10 heteroatoms. The largest absolute Gasteiger partial charge is 0.416 e. The van der Waals surface area contributed by atoms with Crippen LogP contribution in [0.2, 0.25) is 0 Å². The smallest absolute Gasteiger partial charge is 0.348 e. The summed E-state index contributed by atoms with van der Waals surface area (Å²) in [7, 11) is -4.24. The van der Waals surface area contributed by atoms with Crippen molar-refractivity contribution in [1.82, 2.24) is 10.0 Å². The van der Waals surface area contributed by atoms with E-state index in [9.17, 15) is 26.4 Å². The van der Waals surface area contributed by atoms with Crippen LogP contribution in [0.5, 0.6) is 0 Å². The molecule has 0 radical (unpaired) electrons. The molecule has 1 unspecified atom stereocenters. The molecule has 0 spiro atoms. The molecule has 2 N–H and O–H groups in total. The highest BCUT2D eigenvalue weighted by Crippen LogP contribution is 2.30. The number of sulfonamides is 1. The Morgan fingerprint density at radius 3 is 2.56 bits per heavy atom. The van der Waals surface area contributed by atoms with Gasteiger partial charge in [0, 0.05) is 4.88 Å². The number of carbonyl (C=O) groups is 1. The summed E-state index contributed by atoms with van der Waals surface area (Å²) in [6.07, 6.45) is -4.65. The van der Waals surface area contributed by atoms with Gasteiger partial charge in [-0.15, -0.1) is 11.3 Å². The highest BCUT2D eigenvalue weighted by Gasteiger charge is 2.31. The van der Waals surface area contributed by atoms with Crippen molar-refractivity contribution in [3.8, 4) is 0 Å². The van der Waals surface area contributed by atoms with Crippen molar-refractivity contribution in [2.75, 3.05) is 6.54 Å². The summed E-state index contributed by atoms with van der Waals surface area (Å²) in [6, 6.07) is 6.66. The topological polar surface area (TPSA) is 75.3 Å². The molecular weight excluding hydrogens is 377 g/mol. The molecule has 0 aliphatic heterocycles. The Balaban J connectivity index is 2.01. The summed E-state index contributed by atoms with van der Waals surface area (Å²) >= 11 is 1.44. The number of thiophene rings is 1. The summed E-state index contributed by atoms with van der Waals surface area (Å²) in [4.78, 5) is 12.2. The standard InChI is InChI=1S/C15H15F3N2O3S2/c1-10(13-6-3-7-24-13)20-14(21)9-19-25(22,23)12-5-2-4-11(8-12)15(16,17)18/h2-8,10,19H,9H2,1H3,(H,20,21). The van der Waals surface area contributed by atoms with Gasteiger partial charge in [-0.3, -0.25) is 4.79 Å². The minimum absolute atomic E-state index is 0.300. The lowest BCUT2D eigenvalue weighted by molar-refractivity contribution is -0.137. The average molecular weight is 392 g/mol. The molecule has 0 saturated carbocycles. The Bertz CT molecular complexity index is 834. The van der Waals surface area contributed by atoms with E-state index in [0.29, 0.717) is 6.07 Å². The van der Waals surface area contributed by atoms with E-state index in [2.05, 4.69) is 5.32 Å². The number of amides is 1. The van der Waals surface area contributed by atoms with E-state index < -0.39 is 39.1 Å². The van der Waals surface area contributed by atoms with E-state index in [1.165, 1.54) is 11.3 Å². The van der Waals surface area contributed by atoms with Crippen LogP contribution >= 0.6 is 11.3 Å². The lowest BCUT2D eigenvalue weighted by Gasteiger charge is -2.13. The molecule has 2 rings (SSSR count). The number of hydrogen-bond acceptors (Lipinski definition) is 4. The van der Waals surface area contributed by atoms with E-state index in [-0.39, 0.29) is 6.04 Å². The SMILES string of the molecule is CC(NC(=O)CNS(=O)(=O)c1cccc(C(F)(F)F)c1)c1cccs1. The molecule has 1 atom stereocenters. The maximum Gasteiger partial charge on any atom is 0.416 e. The zero-order valence-electron chi connectivity index (χ0n) is 13.0. The monoisotopic (exact) mass is 392 g/mol. The van der Waals surface area contributed by atoms with E-state index in [1.807, 2.05) is 22.2 Å². The minimum Gasteiger partial charge on any atom is -0.348 e. The second-order valence-corrected chi connectivity index (χ2v) is 7.90. The van der Waals surface area contributed by atoms with Gasteiger partial charge in [-0.1, -0.05) is 12.1 Å². The molecule has 0 fully saturated rings. The van der Waals surface area contributed by atoms with Crippen LogP contribution in [0.1, 0.15) is 23.4 Å². The minimum atomic E-state index is -4.65. The van der Waals surface area contributed by atoms with Crippen molar-refractivity contribution in [2.24, 2.45) is 0 Å². The predicted molar refractivity (Wildman–Crippen MR) is 87.5 cm³/mol. The van der Waals surface area contributed by atoms with Crippen LogP contribution in [0.15, 0.2) is 46.7 Å². The molecule has 0 aliphatic carbocycles. The highest BCUT2D eigenvalue weighted by molar-refractivity contribution is 7.89. The molecule has 5 nitrogen and oxygen atoms in total. The van der Waals surface area contributed by atoms with Gasteiger partial charge in [0.2, 0.25) is 15.9 Å². The van der Waals surface area contributed by atoms with Crippen LogP contribution in [0.4, 0.5) is 13.2 Å². The Labute approximate surface area is 146 Å². The van der Waals surface area contributed by atoms with Crippen molar-refractivity contribution < 1.29 is 26.4 Å². The second-order valence-electron chi connectivity index (χ2n) is 5.15. The molecule has 25 heavy (non-hydrogen) atoms. The van der Waals surface area contributed by atoms with Crippen LogP contribution < -0.4 is 10.0 Å². The summed E-state index contributed by atoms with van der Waals surface area (Å²) in [5, 5.41) is 4.45. The zero-order valence-corrected chi connectivity index (χ0v) is 14.6. The van der Waals surface area contributed by atoms with E-state index in [4.69, 9.17) is 0 Å². The number of rotatable bonds is 6. The lowest BCUT2D eigenvalue weighted by atomic mass is 10.2. The third-order valence-electron chi connectivity index (χ3n) is 3.24. The van der Waals surface area contributed by atoms with Crippen molar-refractivity contribution >= 4 is 27.3 Å². The van der Waals surface area contributed by atoms with Crippen LogP contribution in [-0.2, 0) is 21.0 Å². The predicted octanol–water partition coefficient (Wildman–Crippen LogP) is 2.92. The first-order valence-corrected chi connectivity index (χ1v) is 9.45. The van der Waals surface area contributed by atoms with Crippen LogP contribution in [0.25, 0.3) is 0 Å². The highest BCUT2D eigenvalue weighted by atomic mass is 32.2. The first-order valence-electron chi connectivity index (χ1n) is 7.09. The first kappa shape index (κ1) is 19.4. The molecule has 1 aromatic carbocycles. The zero-order chi connectivity index (χ0) is 18.7. The van der Waals surface area contributed by atoms with E-state index in [1.54, 1.807) is 6.92 Å². The summed E-state index contributed by atoms with van der Waals surface area (Å²) in [6.45, 7) is 1.17. The van der Waals surface area contributed by atoms with Gasteiger partial charge in [0.15, 0.2) is 0 Å². The molecule has 0 saturated heterocycles. The van der Waals surface area contributed by atoms with Crippen molar-refractivity contribution in [1.29, 1.82) is 0 Å². The molecule has 1 amide bonds. The third-order valence-corrected chi connectivity index (χ3v) is 5.70. The normalized spacial score (nSPS) is 13.4. The van der Waals surface area contributed by atoms with Gasteiger partial charge in [-0.25, -0.2) is 13.1 Å². The molecular formula is C15H15F3N2O3S2. The van der Waals surface area contributed by atoms with Gasteiger partial charge < -0.3 is 5.32 Å². The number of nitrogens with one attached hydrogen (secondary N) is 2. The number of carbonyl (C=O) groups excluding carboxylic acids is 1. The van der Waals surface area contributed by atoms with Gasteiger partial charge in [0.05, 0.1) is 23.0 Å². The van der Waals surface area contributed by atoms with Gasteiger partial charge >= 0.3 is 6.18 Å². The van der Waals surface area contributed by atoms with Gasteiger partial charge in [0.25, 0.3) is 0 Å². The Kier molecular flexibility index (Phi) is 5.86. The molecule has 0 aliphatic rings. The van der Waals surface area contributed by atoms with Gasteiger partial charge in [-0.05, 0) is 36.6 Å². The Morgan fingerprint density at radius 2 is 1.96 bits per heavy atom. The maximum atomic E-state index is 12.7. The van der Waals surface area contributed by atoms with E-state index >= 15 is 0 Å². The van der Waals surface area contributed by atoms with Crippen molar-refractivity contribution in [2.45, 2.75) is 24.0 Å².